The van der Waals surface area contributed by atoms with Crippen LogP contribution >= 0.6 is 0 Å². The van der Waals surface area contributed by atoms with E-state index in [-0.39, 0.29) is 0 Å². The predicted molar refractivity (Wildman–Crippen MR) is 112 cm³/mol. The Hall–Kier alpha value is -3.85. The first kappa shape index (κ1) is 17.6. The van der Waals surface area contributed by atoms with E-state index in [9.17, 15) is 0 Å². The molecule has 0 atom stereocenters. The first-order valence-corrected chi connectivity index (χ1v) is 9.13. The van der Waals surface area contributed by atoms with Crippen LogP contribution in [0.5, 0.6) is 0 Å². The molecular formula is C22H20N6. The molecule has 2 aromatic heterocycles. The van der Waals surface area contributed by atoms with Crippen LogP contribution in [-0.4, -0.2) is 21.5 Å². The summed E-state index contributed by atoms with van der Waals surface area (Å²) in [5, 5.41) is 16.8. The summed E-state index contributed by atoms with van der Waals surface area (Å²) < 4.78 is 0. The number of nitrogens with one attached hydrogen (secondary N) is 3. The molecule has 3 N–H and O–H groups in total. The Kier molecular flexibility index (Phi) is 4.89. The summed E-state index contributed by atoms with van der Waals surface area (Å²) in [5.74, 6) is 1.27. The molecule has 2 heterocycles. The first-order chi connectivity index (χ1) is 13.7. The van der Waals surface area contributed by atoms with Crippen LogP contribution in [0.1, 0.15) is 16.8 Å². The highest BCUT2D eigenvalue weighted by Gasteiger charge is 2.06. The van der Waals surface area contributed by atoms with Crippen molar-refractivity contribution >= 4 is 28.4 Å². The van der Waals surface area contributed by atoms with Crippen molar-refractivity contribution in [2.24, 2.45) is 0 Å². The fourth-order valence-corrected chi connectivity index (χ4v) is 3.17. The van der Waals surface area contributed by atoms with Gasteiger partial charge in [-0.05, 0) is 43.2 Å². The van der Waals surface area contributed by atoms with Crippen LogP contribution in [0.4, 0.5) is 17.5 Å². The maximum atomic E-state index is 9.04. The van der Waals surface area contributed by atoms with E-state index in [1.807, 2.05) is 31.2 Å². The zero-order chi connectivity index (χ0) is 19.3. The van der Waals surface area contributed by atoms with Gasteiger partial charge in [-0.2, -0.15) is 10.2 Å². The molecule has 0 aliphatic carbocycles. The van der Waals surface area contributed by atoms with Crippen molar-refractivity contribution in [2.75, 3.05) is 17.2 Å². The van der Waals surface area contributed by atoms with Crippen molar-refractivity contribution in [3.63, 3.8) is 0 Å². The number of aryl methyl sites for hydroxylation is 1. The van der Waals surface area contributed by atoms with Crippen LogP contribution in [0.25, 0.3) is 10.9 Å². The third-order valence-corrected chi connectivity index (χ3v) is 4.47. The van der Waals surface area contributed by atoms with E-state index in [1.54, 1.807) is 12.1 Å². The average Bonchev–Trinajstić information content (AvgIpc) is 3.11. The number of nitriles is 1. The molecule has 4 rings (SSSR count). The van der Waals surface area contributed by atoms with Gasteiger partial charge in [0.05, 0.1) is 11.6 Å². The highest BCUT2D eigenvalue weighted by molar-refractivity contribution is 5.83. The Balaban J connectivity index is 1.44. The Morgan fingerprint density at radius 2 is 1.96 bits per heavy atom. The standard InChI is InChI=1S/C22H20N6/c1-15-11-21(27-18-6-4-5-16(12-18)13-23)28-22(26-15)24-10-9-17-14-25-20-8-3-2-7-19(17)20/h2-8,11-12,14,25H,9-10H2,1H3,(H2,24,26,27,28). The number of rotatable bonds is 6. The van der Waals surface area contributed by atoms with Gasteiger partial charge in [-0.25, -0.2) is 4.98 Å². The van der Waals surface area contributed by atoms with Gasteiger partial charge in [-0.15, -0.1) is 0 Å². The lowest BCUT2D eigenvalue weighted by atomic mass is 10.1. The third-order valence-electron chi connectivity index (χ3n) is 4.47. The Labute approximate surface area is 163 Å². The van der Waals surface area contributed by atoms with Crippen molar-refractivity contribution < 1.29 is 0 Å². The number of H-pyrrole nitrogens is 1. The minimum atomic E-state index is 0.582. The van der Waals surface area contributed by atoms with Gasteiger partial charge in [0.1, 0.15) is 5.82 Å². The molecule has 0 unspecified atom stereocenters. The number of aromatic amines is 1. The minimum absolute atomic E-state index is 0.582. The van der Waals surface area contributed by atoms with Crippen molar-refractivity contribution in [1.82, 2.24) is 15.0 Å². The highest BCUT2D eigenvalue weighted by Crippen LogP contribution is 2.19. The average molecular weight is 368 g/mol. The first-order valence-electron chi connectivity index (χ1n) is 9.13. The van der Waals surface area contributed by atoms with Gasteiger partial charge >= 0.3 is 0 Å². The van der Waals surface area contributed by atoms with Crippen molar-refractivity contribution in [2.45, 2.75) is 13.3 Å². The molecule has 0 saturated heterocycles. The molecule has 0 aliphatic heterocycles. The van der Waals surface area contributed by atoms with Gasteiger partial charge in [0.15, 0.2) is 0 Å². The highest BCUT2D eigenvalue weighted by atomic mass is 15.1. The number of aromatic nitrogens is 3. The maximum Gasteiger partial charge on any atom is 0.224 e. The second-order valence-electron chi connectivity index (χ2n) is 6.57. The van der Waals surface area contributed by atoms with Crippen molar-refractivity contribution in [3.05, 3.63) is 77.6 Å². The maximum absolute atomic E-state index is 9.04. The van der Waals surface area contributed by atoms with Crippen molar-refractivity contribution in [1.29, 1.82) is 5.26 Å². The van der Waals surface area contributed by atoms with Gasteiger partial charge in [0.25, 0.3) is 0 Å². The third kappa shape index (κ3) is 3.94. The SMILES string of the molecule is Cc1cc(Nc2cccc(C#N)c2)nc(NCCc2c[nH]c3ccccc23)n1. The molecule has 4 aromatic rings. The van der Waals surface area contributed by atoms with E-state index in [1.165, 1.54) is 10.9 Å². The van der Waals surface area contributed by atoms with E-state index in [4.69, 9.17) is 5.26 Å². The van der Waals surface area contributed by atoms with E-state index in [0.717, 1.165) is 29.9 Å². The van der Waals surface area contributed by atoms with Gasteiger partial charge in [0.2, 0.25) is 5.95 Å². The zero-order valence-electron chi connectivity index (χ0n) is 15.5. The Bertz CT molecular complexity index is 1160. The van der Waals surface area contributed by atoms with Gasteiger partial charge in [-0.3, -0.25) is 0 Å². The summed E-state index contributed by atoms with van der Waals surface area (Å²) in [6.45, 7) is 2.66. The second-order valence-corrected chi connectivity index (χ2v) is 6.57. The van der Waals surface area contributed by atoms with E-state index in [0.29, 0.717) is 17.3 Å². The molecule has 0 aliphatic rings. The van der Waals surface area contributed by atoms with Crippen molar-refractivity contribution in [3.8, 4) is 6.07 Å². The van der Waals surface area contributed by atoms with Crippen LogP contribution < -0.4 is 10.6 Å². The summed E-state index contributed by atoms with van der Waals surface area (Å²) in [5.41, 5.74) is 4.70. The quantitative estimate of drug-likeness (QED) is 0.465. The molecule has 0 amide bonds. The van der Waals surface area contributed by atoms with Crippen LogP contribution in [0, 0.1) is 18.3 Å². The largest absolute Gasteiger partial charge is 0.361 e. The molecule has 2 aromatic carbocycles. The predicted octanol–water partition coefficient (Wildman–Crippen LogP) is 4.54. The van der Waals surface area contributed by atoms with E-state index >= 15 is 0 Å². The molecule has 0 radical (unpaired) electrons. The molecule has 0 saturated carbocycles. The monoisotopic (exact) mass is 368 g/mol. The number of benzene rings is 2. The van der Waals surface area contributed by atoms with Crippen LogP contribution in [0.3, 0.4) is 0 Å². The summed E-state index contributed by atoms with van der Waals surface area (Å²) in [4.78, 5) is 12.3. The topological polar surface area (TPSA) is 89.4 Å². The second kappa shape index (κ2) is 7.80. The minimum Gasteiger partial charge on any atom is -0.361 e. The lowest BCUT2D eigenvalue weighted by molar-refractivity contribution is 0.981. The summed E-state index contributed by atoms with van der Waals surface area (Å²) in [7, 11) is 0. The lowest BCUT2D eigenvalue weighted by Crippen LogP contribution is -2.09. The summed E-state index contributed by atoms with van der Waals surface area (Å²) in [6.07, 6.45) is 2.92. The van der Waals surface area contributed by atoms with Gasteiger partial charge in [-0.1, -0.05) is 24.3 Å². The normalized spacial score (nSPS) is 10.6. The summed E-state index contributed by atoms with van der Waals surface area (Å²) in [6, 6.07) is 19.6. The molecule has 28 heavy (non-hydrogen) atoms. The molecule has 0 spiro atoms. The number of fused-ring (bicyclic) bond motifs is 1. The number of nitrogens with zero attached hydrogens (tertiary/aromatic N) is 3. The number of hydrogen-bond donors (Lipinski definition) is 3. The summed E-state index contributed by atoms with van der Waals surface area (Å²) >= 11 is 0. The zero-order valence-corrected chi connectivity index (χ0v) is 15.5. The smallest absolute Gasteiger partial charge is 0.224 e. The molecule has 0 bridgehead atoms. The van der Waals surface area contributed by atoms with Gasteiger partial charge < -0.3 is 15.6 Å². The molecule has 6 nitrogen and oxygen atoms in total. The van der Waals surface area contributed by atoms with E-state index in [2.05, 4.69) is 56.1 Å². The van der Waals surface area contributed by atoms with E-state index < -0.39 is 0 Å². The molecule has 0 fully saturated rings. The molecule has 6 heteroatoms. The fraction of sp³-hybridized carbons (Fsp3) is 0.136. The number of para-hydroxylation sites is 1. The van der Waals surface area contributed by atoms with Crippen LogP contribution in [0.15, 0.2) is 60.8 Å². The van der Waals surface area contributed by atoms with Crippen LogP contribution in [0.2, 0.25) is 0 Å². The Morgan fingerprint density at radius 3 is 2.86 bits per heavy atom. The number of hydrogen-bond acceptors (Lipinski definition) is 5. The number of anilines is 3. The molecular weight excluding hydrogens is 348 g/mol. The lowest BCUT2D eigenvalue weighted by Gasteiger charge is -2.10. The Morgan fingerprint density at radius 1 is 1.07 bits per heavy atom. The fourth-order valence-electron chi connectivity index (χ4n) is 3.17. The van der Waals surface area contributed by atoms with Crippen LogP contribution in [-0.2, 0) is 6.42 Å². The molecule has 138 valence electrons. The van der Waals surface area contributed by atoms with Gasteiger partial charge in [0, 0.05) is 41.1 Å².